The third kappa shape index (κ3) is 3.57. The summed E-state index contributed by atoms with van der Waals surface area (Å²) in [5.41, 5.74) is 1.05. The maximum absolute atomic E-state index is 9.67. The van der Waals surface area contributed by atoms with Gasteiger partial charge in [0.05, 0.1) is 13.2 Å². The van der Waals surface area contributed by atoms with Crippen molar-refractivity contribution >= 4 is 0 Å². The fourth-order valence-electron chi connectivity index (χ4n) is 3.13. The summed E-state index contributed by atoms with van der Waals surface area (Å²) < 4.78 is 29.1. The molecule has 2 saturated heterocycles. The van der Waals surface area contributed by atoms with Crippen LogP contribution in [-0.4, -0.2) is 55.3 Å². The highest BCUT2D eigenvalue weighted by molar-refractivity contribution is 5.13. The van der Waals surface area contributed by atoms with Crippen molar-refractivity contribution in [1.29, 1.82) is 0 Å². The molecule has 128 valence electrons. The van der Waals surface area contributed by atoms with Gasteiger partial charge in [0.2, 0.25) is 0 Å². The number of fused-ring (bicyclic) bond motifs is 1. The van der Waals surface area contributed by atoms with E-state index in [1.165, 1.54) is 0 Å². The van der Waals surface area contributed by atoms with Crippen LogP contribution >= 0.6 is 0 Å². The zero-order chi connectivity index (χ0) is 16.4. The first-order valence-corrected chi connectivity index (χ1v) is 7.84. The van der Waals surface area contributed by atoms with E-state index in [2.05, 4.69) is 0 Å². The van der Waals surface area contributed by atoms with Gasteiger partial charge in [-0.25, -0.2) is 0 Å². The van der Waals surface area contributed by atoms with E-state index in [-0.39, 0.29) is 12.7 Å². The maximum atomic E-state index is 9.67. The number of benzene rings is 1. The zero-order valence-corrected chi connectivity index (χ0v) is 13.7. The van der Waals surface area contributed by atoms with E-state index in [0.717, 1.165) is 5.56 Å². The minimum absolute atomic E-state index is 0.174. The van der Waals surface area contributed by atoms with Crippen LogP contribution in [0, 0.1) is 0 Å². The molecule has 23 heavy (non-hydrogen) atoms. The van der Waals surface area contributed by atoms with Gasteiger partial charge in [-0.2, -0.15) is 0 Å². The molecule has 0 saturated carbocycles. The Bertz CT molecular complexity index is 505. The fraction of sp³-hybridized carbons (Fsp3) is 0.647. The van der Waals surface area contributed by atoms with Gasteiger partial charge in [-0.15, -0.1) is 0 Å². The fourth-order valence-corrected chi connectivity index (χ4v) is 3.13. The summed E-state index contributed by atoms with van der Waals surface area (Å²) in [7, 11) is 1.55. The Hall–Kier alpha value is -1.02. The second kappa shape index (κ2) is 6.84. The molecule has 0 aliphatic carbocycles. The predicted molar refractivity (Wildman–Crippen MR) is 81.6 cm³/mol. The van der Waals surface area contributed by atoms with Crippen molar-refractivity contribution in [3.8, 4) is 0 Å². The summed E-state index contributed by atoms with van der Waals surface area (Å²) in [6.07, 6.45) is -2.29. The van der Waals surface area contributed by atoms with Crippen LogP contribution in [0.5, 0.6) is 0 Å². The molecule has 6 heteroatoms. The molecule has 1 aromatic carbocycles. The molecular weight excluding hydrogens is 300 g/mol. The Morgan fingerprint density at radius 3 is 2.48 bits per heavy atom. The molecule has 2 aliphatic heterocycles. The SMILES string of the molecule is CO[C@H]1OC(CO)[C@@H](OCc2ccccc2)C2OC(C)(C)OC21. The van der Waals surface area contributed by atoms with Crippen LogP contribution in [0.25, 0.3) is 0 Å². The van der Waals surface area contributed by atoms with E-state index in [1.807, 2.05) is 44.2 Å². The Morgan fingerprint density at radius 2 is 1.83 bits per heavy atom. The normalized spacial score (nSPS) is 35.9. The van der Waals surface area contributed by atoms with E-state index < -0.39 is 30.4 Å². The van der Waals surface area contributed by atoms with Crippen LogP contribution in [0.15, 0.2) is 30.3 Å². The first-order chi connectivity index (χ1) is 11.0. The number of rotatable bonds is 5. The quantitative estimate of drug-likeness (QED) is 0.884. The number of hydrogen-bond donors (Lipinski definition) is 1. The summed E-state index contributed by atoms with van der Waals surface area (Å²) in [5, 5.41) is 9.67. The largest absolute Gasteiger partial charge is 0.394 e. The molecule has 0 bridgehead atoms. The summed E-state index contributed by atoms with van der Waals surface area (Å²) in [6.45, 7) is 3.93. The molecule has 0 amide bonds. The molecule has 2 fully saturated rings. The monoisotopic (exact) mass is 324 g/mol. The van der Waals surface area contributed by atoms with Gasteiger partial charge >= 0.3 is 0 Å². The van der Waals surface area contributed by atoms with Crippen molar-refractivity contribution in [2.75, 3.05) is 13.7 Å². The molecule has 0 radical (unpaired) electrons. The first-order valence-electron chi connectivity index (χ1n) is 7.84. The van der Waals surface area contributed by atoms with E-state index >= 15 is 0 Å². The number of aliphatic hydroxyl groups excluding tert-OH is 1. The number of hydrogen-bond acceptors (Lipinski definition) is 6. The highest BCUT2D eigenvalue weighted by Gasteiger charge is 2.55. The first kappa shape index (κ1) is 16.8. The lowest BCUT2D eigenvalue weighted by Crippen LogP contribution is -2.58. The highest BCUT2D eigenvalue weighted by atomic mass is 16.8. The van der Waals surface area contributed by atoms with Gasteiger partial charge in [-0.1, -0.05) is 30.3 Å². The Morgan fingerprint density at radius 1 is 1.13 bits per heavy atom. The molecule has 0 aromatic heterocycles. The van der Waals surface area contributed by atoms with Crippen molar-refractivity contribution in [3.05, 3.63) is 35.9 Å². The summed E-state index contributed by atoms with van der Waals surface area (Å²) in [5.74, 6) is -0.742. The van der Waals surface area contributed by atoms with E-state index in [4.69, 9.17) is 23.7 Å². The van der Waals surface area contributed by atoms with E-state index in [1.54, 1.807) is 7.11 Å². The van der Waals surface area contributed by atoms with Gasteiger partial charge in [0.1, 0.15) is 24.4 Å². The summed E-state index contributed by atoms with van der Waals surface area (Å²) in [6, 6.07) is 9.86. The molecule has 3 rings (SSSR count). The Kier molecular flexibility index (Phi) is 5.01. The van der Waals surface area contributed by atoms with Gasteiger partial charge in [0.15, 0.2) is 12.1 Å². The van der Waals surface area contributed by atoms with Crippen LogP contribution in [-0.2, 0) is 30.3 Å². The molecule has 0 spiro atoms. The lowest BCUT2D eigenvalue weighted by molar-refractivity contribution is -0.280. The lowest BCUT2D eigenvalue weighted by Gasteiger charge is -2.40. The third-order valence-electron chi connectivity index (χ3n) is 4.13. The van der Waals surface area contributed by atoms with Crippen LogP contribution < -0.4 is 0 Å². The van der Waals surface area contributed by atoms with Gasteiger partial charge in [-0.3, -0.25) is 0 Å². The zero-order valence-electron chi connectivity index (χ0n) is 13.7. The van der Waals surface area contributed by atoms with Crippen molar-refractivity contribution < 1.29 is 28.8 Å². The van der Waals surface area contributed by atoms with Crippen LogP contribution in [0.1, 0.15) is 19.4 Å². The van der Waals surface area contributed by atoms with Crippen LogP contribution in [0.3, 0.4) is 0 Å². The van der Waals surface area contributed by atoms with Crippen molar-refractivity contribution in [1.82, 2.24) is 0 Å². The van der Waals surface area contributed by atoms with E-state index in [9.17, 15) is 5.11 Å². The predicted octanol–water partition coefficient (Wildman–Crippen LogP) is 1.46. The van der Waals surface area contributed by atoms with Crippen molar-refractivity contribution in [2.24, 2.45) is 0 Å². The van der Waals surface area contributed by atoms with Crippen molar-refractivity contribution in [2.45, 2.75) is 56.9 Å². The second-order valence-corrected chi connectivity index (χ2v) is 6.29. The molecule has 3 unspecified atom stereocenters. The third-order valence-corrected chi connectivity index (χ3v) is 4.13. The molecule has 2 heterocycles. The Balaban J connectivity index is 1.76. The summed E-state index contributed by atoms with van der Waals surface area (Å²) >= 11 is 0. The molecule has 2 aliphatic rings. The molecule has 5 atom stereocenters. The smallest absolute Gasteiger partial charge is 0.186 e. The lowest BCUT2D eigenvalue weighted by atomic mass is 9.99. The topological polar surface area (TPSA) is 66.4 Å². The summed E-state index contributed by atoms with van der Waals surface area (Å²) in [4.78, 5) is 0. The van der Waals surface area contributed by atoms with Gasteiger partial charge < -0.3 is 28.8 Å². The molecule has 6 nitrogen and oxygen atoms in total. The molecule has 1 aromatic rings. The average molecular weight is 324 g/mol. The second-order valence-electron chi connectivity index (χ2n) is 6.29. The number of methoxy groups -OCH3 is 1. The highest BCUT2D eigenvalue weighted by Crippen LogP contribution is 2.38. The number of ether oxygens (including phenoxy) is 5. The minimum atomic E-state index is -0.742. The van der Waals surface area contributed by atoms with Crippen LogP contribution in [0.4, 0.5) is 0 Å². The van der Waals surface area contributed by atoms with E-state index in [0.29, 0.717) is 6.61 Å². The average Bonchev–Trinajstić information content (AvgIpc) is 2.88. The Labute approximate surface area is 136 Å². The number of aliphatic hydroxyl groups is 1. The van der Waals surface area contributed by atoms with Gasteiger partial charge in [-0.05, 0) is 19.4 Å². The van der Waals surface area contributed by atoms with Gasteiger partial charge in [0, 0.05) is 7.11 Å². The minimum Gasteiger partial charge on any atom is -0.394 e. The van der Waals surface area contributed by atoms with Crippen LogP contribution in [0.2, 0.25) is 0 Å². The molecular formula is C17H24O6. The van der Waals surface area contributed by atoms with Gasteiger partial charge in [0.25, 0.3) is 0 Å². The molecule has 1 N–H and O–H groups in total. The maximum Gasteiger partial charge on any atom is 0.186 e. The van der Waals surface area contributed by atoms with Crippen molar-refractivity contribution in [3.63, 3.8) is 0 Å². The standard InChI is InChI=1S/C17H24O6/c1-17(2)22-14-13(20-10-11-7-5-4-6-8-11)12(9-18)21-16(19-3)15(14)23-17/h4-8,12-16,18H,9-10H2,1-3H3/t12?,13-,14?,15?,16+/m1/s1.